The lowest BCUT2D eigenvalue weighted by molar-refractivity contribution is -0.126. The van der Waals surface area contributed by atoms with Crippen LogP contribution in [0.5, 0.6) is 0 Å². The highest BCUT2D eigenvalue weighted by Crippen LogP contribution is 2.18. The van der Waals surface area contributed by atoms with Gasteiger partial charge in [-0.2, -0.15) is 0 Å². The molecule has 5 heteroatoms. The first-order chi connectivity index (χ1) is 10.5. The van der Waals surface area contributed by atoms with Crippen molar-refractivity contribution in [3.8, 4) is 0 Å². The van der Waals surface area contributed by atoms with Crippen molar-refractivity contribution in [3.63, 3.8) is 0 Å². The van der Waals surface area contributed by atoms with Gasteiger partial charge in [0.05, 0.1) is 36.6 Å². The topological polar surface area (TPSA) is 76.0 Å². The fraction of sp³-hybridized carbons (Fsp3) is 0.944. The van der Waals surface area contributed by atoms with Crippen LogP contribution < -0.4 is 0 Å². The molecule has 0 aromatic carbocycles. The van der Waals surface area contributed by atoms with Gasteiger partial charge in [0.1, 0.15) is 5.78 Å². The molecule has 0 rings (SSSR count). The van der Waals surface area contributed by atoms with Crippen molar-refractivity contribution in [2.24, 2.45) is 5.92 Å². The molecule has 0 fully saturated rings. The third kappa shape index (κ3) is 10.1. The first-order valence-electron chi connectivity index (χ1n) is 8.74. The second-order valence-corrected chi connectivity index (χ2v) is 7.14. The molecule has 0 aliphatic carbocycles. The molecule has 0 radical (unpaired) electrons. The van der Waals surface area contributed by atoms with Crippen LogP contribution in [0, 0.1) is 5.92 Å². The lowest BCUT2D eigenvalue weighted by atomic mass is 9.96. The Labute approximate surface area is 141 Å². The van der Waals surface area contributed by atoms with E-state index in [1.807, 2.05) is 48.5 Å². The van der Waals surface area contributed by atoms with Gasteiger partial charge in [-0.1, -0.05) is 13.8 Å². The first kappa shape index (κ1) is 22.5. The van der Waals surface area contributed by atoms with E-state index < -0.39 is 18.3 Å². The van der Waals surface area contributed by atoms with Crippen molar-refractivity contribution in [2.75, 3.05) is 0 Å². The van der Waals surface area contributed by atoms with Gasteiger partial charge in [-0.15, -0.1) is 0 Å². The second-order valence-electron chi connectivity index (χ2n) is 7.14. The number of carbonyl (C=O) groups excluding carboxylic acids is 1. The van der Waals surface area contributed by atoms with Crippen LogP contribution in [0.15, 0.2) is 0 Å². The van der Waals surface area contributed by atoms with E-state index in [1.54, 1.807) is 0 Å². The summed E-state index contributed by atoms with van der Waals surface area (Å²) in [7, 11) is 0. The van der Waals surface area contributed by atoms with E-state index >= 15 is 0 Å². The number of hydrogen-bond donors (Lipinski definition) is 2. The third-order valence-electron chi connectivity index (χ3n) is 3.71. The van der Waals surface area contributed by atoms with Crippen molar-refractivity contribution < 1.29 is 24.5 Å². The van der Waals surface area contributed by atoms with Crippen LogP contribution in [0.2, 0.25) is 0 Å². The highest BCUT2D eigenvalue weighted by Gasteiger charge is 2.28. The van der Waals surface area contributed by atoms with Crippen LogP contribution >= 0.6 is 0 Å². The van der Waals surface area contributed by atoms with Crippen molar-refractivity contribution >= 4 is 5.78 Å². The molecular formula is C18H36O5. The smallest absolute Gasteiger partial charge is 0.135 e. The van der Waals surface area contributed by atoms with Crippen LogP contribution in [0.3, 0.4) is 0 Å². The highest BCUT2D eigenvalue weighted by molar-refractivity contribution is 5.80. The second kappa shape index (κ2) is 11.1. The number of carbonyl (C=O) groups is 1. The van der Waals surface area contributed by atoms with Crippen LogP contribution in [0.1, 0.15) is 67.7 Å². The van der Waals surface area contributed by atoms with Gasteiger partial charge in [0.2, 0.25) is 0 Å². The minimum absolute atomic E-state index is 0.0257. The summed E-state index contributed by atoms with van der Waals surface area (Å²) in [5.41, 5.74) is 0. The number of ether oxygens (including phenoxy) is 2. The van der Waals surface area contributed by atoms with Gasteiger partial charge in [0.15, 0.2) is 0 Å². The Hall–Kier alpha value is -0.490. The molecule has 0 aromatic rings. The SMILES string of the molecule is CC(C)OC(C)C(O)CC(OC(C)C)C(O)CCC(=O)C(C)C. The van der Waals surface area contributed by atoms with Crippen molar-refractivity contribution in [1.29, 1.82) is 0 Å². The summed E-state index contributed by atoms with van der Waals surface area (Å²) in [5.74, 6) is 0.0983. The standard InChI is InChI=1S/C18H36O5/c1-11(2)15(19)8-9-16(20)18(23-13(5)6)10-17(21)14(7)22-12(3)4/h11-14,16-18,20-21H,8-10H2,1-7H3. The van der Waals surface area contributed by atoms with Gasteiger partial charge < -0.3 is 19.7 Å². The summed E-state index contributed by atoms with van der Waals surface area (Å²) in [4.78, 5) is 11.7. The molecule has 5 nitrogen and oxygen atoms in total. The van der Waals surface area contributed by atoms with Gasteiger partial charge in [0.25, 0.3) is 0 Å². The Kier molecular flexibility index (Phi) is 10.9. The number of ketones is 1. The van der Waals surface area contributed by atoms with E-state index in [0.29, 0.717) is 12.8 Å². The maximum Gasteiger partial charge on any atom is 0.135 e. The maximum absolute atomic E-state index is 11.7. The molecule has 0 aliphatic rings. The molecule has 23 heavy (non-hydrogen) atoms. The van der Waals surface area contributed by atoms with Crippen molar-refractivity contribution in [1.82, 2.24) is 0 Å². The molecule has 0 heterocycles. The molecule has 0 saturated carbocycles. The quantitative estimate of drug-likeness (QED) is 0.575. The van der Waals surface area contributed by atoms with Crippen molar-refractivity contribution in [3.05, 3.63) is 0 Å². The Morgan fingerprint density at radius 1 is 0.870 bits per heavy atom. The Balaban J connectivity index is 4.63. The number of hydrogen-bond acceptors (Lipinski definition) is 5. The molecule has 0 spiro atoms. The summed E-state index contributed by atoms with van der Waals surface area (Å²) in [6, 6.07) is 0. The largest absolute Gasteiger partial charge is 0.390 e. The van der Waals surface area contributed by atoms with E-state index in [2.05, 4.69) is 0 Å². The van der Waals surface area contributed by atoms with E-state index in [0.717, 1.165) is 0 Å². The minimum atomic E-state index is -0.777. The van der Waals surface area contributed by atoms with Crippen molar-refractivity contribution in [2.45, 2.75) is 104 Å². The predicted octanol–water partition coefficient (Wildman–Crippen LogP) is 2.71. The molecule has 0 aliphatic heterocycles. The molecule has 0 bridgehead atoms. The Morgan fingerprint density at radius 3 is 1.83 bits per heavy atom. The number of rotatable bonds is 12. The molecule has 0 saturated heterocycles. The molecule has 0 aromatic heterocycles. The predicted molar refractivity (Wildman–Crippen MR) is 91.4 cm³/mol. The summed E-state index contributed by atoms with van der Waals surface area (Å²) in [6.07, 6.45) is -1.44. The molecule has 4 unspecified atom stereocenters. The van der Waals surface area contributed by atoms with E-state index in [-0.39, 0.29) is 36.4 Å². The summed E-state index contributed by atoms with van der Waals surface area (Å²) in [5, 5.41) is 20.7. The van der Waals surface area contributed by atoms with Gasteiger partial charge in [0, 0.05) is 18.8 Å². The zero-order chi connectivity index (χ0) is 18.2. The van der Waals surface area contributed by atoms with E-state index in [1.165, 1.54) is 0 Å². The number of aliphatic hydroxyl groups excluding tert-OH is 2. The van der Waals surface area contributed by atoms with E-state index in [4.69, 9.17) is 9.47 Å². The van der Waals surface area contributed by atoms with Gasteiger partial charge in [-0.25, -0.2) is 0 Å². The summed E-state index contributed by atoms with van der Waals surface area (Å²) < 4.78 is 11.3. The first-order valence-corrected chi connectivity index (χ1v) is 8.74. The summed E-state index contributed by atoms with van der Waals surface area (Å²) >= 11 is 0. The van der Waals surface area contributed by atoms with E-state index in [9.17, 15) is 15.0 Å². The average Bonchev–Trinajstić information content (AvgIpc) is 2.41. The normalized spacial score (nSPS) is 17.6. The summed E-state index contributed by atoms with van der Waals surface area (Å²) in [6.45, 7) is 13.1. The number of Topliss-reactive ketones (excluding diaryl/α,β-unsaturated/α-hetero) is 1. The van der Waals surface area contributed by atoms with Crippen LogP contribution in [0.25, 0.3) is 0 Å². The zero-order valence-electron chi connectivity index (χ0n) is 15.8. The third-order valence-corrected chi connectivity index (χ3v) is 3.71. The fourth-order valence-corrected chi connectivity index (χ4v) is 2.37. The number of aliphatic hydroxyl groups is 2. The molecule has 2 N–H and O–H groups in total. The molecule has 4 atom stereocenters. The van der Waals surface area contributed by atoms with Gasteiger partial charge >= 0.3 is 0 Å². The lowest BCUT2D eigenvalue weighted by Crippen LogP contribution is -2.39. The van der Waals surface area contributed by atoms with Crippen LogP contribution in [-0.4, -0.2) is 52.6 Å². The maximum atomic E-state index is 11.7. The van der Waals surface area contributed by atoms with Gasteiger partial charge in [-0.3, -0.25) is 4.79 Å². The lowest BCUT2D eigenvalue weighted by Gasteiger charge is -2.30. The Bertz CT molecular complexity index is 327. The Morgan fingerprint density at radius 2 is 1.39 bits per heavy atom. The zero-order valence-corrected chi connectivity index (χ0v) is 15.8. The fourth-order valence-electron chi connectivity index (χ4n) is 2.37. The van der Waals surface area contributed by atoms with Crippen LogP contribution in [-0.2, 0) is 14.3 Å². The highest BCUT2D eigenvalue weighted by atomic mass is 16.5. The average molecular weight is 332 g/mol. The molecular weight excluding hydrogens is 296 g/mol. The minimum Gasteiger partial charge on any atom is -0.390 e. The van der Waals surface area contributed by atoms with Crippen LogP contribution in [0.4, 0.5) is 0 Å². The molecule has 138 valence electrons. The monoisotopic (exact) mass is 332 g/mol. The van der Waals surface area contributed by atoms with Gasteiger partial charge in [-0.05, 0) is 41.0 Å². The molecule has 0 amide bonds.